The van der Waals surface area contributed by atoms with Crippen LogP contribution in [0.5, 0.6) is 11.5 Å². The summed E-state index contributed by atoms with van der Waals surface area (Å²) in [4.78, 5) is 17.9. The van der Waals surface area contributed by atoms with Crippen molar-refractivity contribution in [2.24, 2.45) is 0 Å². The fourth-order valence-electron chi connectivity index (χ4n) is 3.15. The lowest BCUT2D eigenvalue weighted by atomic mass is 9.89. The SMILES string of the molecule is COc1ccc2c(c1)OC(C)(C)C[C@@H]2NC(=O)CCc1scnc1C. The quantitative estimate of drug-likeness (QED) is 0.881. The summed E-state index contributed by atoms with van der Waals surface area (Å²) < 4.78 is 11.4. The van der Waals surface area contributed by atoms with Crippen LogP contribution in [0.3, 0.4) is 0 Å². The van der Waals surface area contributed by atoms with Gasteiger partial charge in [0.2, 0.25) is 5.91 Å². The molecular formula is C19H24N2O3S. The Kier molecular flexibility index (Phi) is 4.99. The van der Waals surface area contributed by atoms with E-state index in [1.54, 1.807) is 18.4 Å². The molecular weight excluding hydrogens is 336 g/mol. The van der Waals surface area contributed by atoms with E-state index in [2.05, 4.69) is 10.3 Å². The van der Waals surface area contributed by atoms with Gasteiger partial charge in [-0.2, -0.15) is 0 Å². The zero-order chi connectivity index (χ0) is 18.0. The highest BCUT2D eigenvalue weighted by atomic mass is 32.1. The van der Waals surface area contributed by atoms with E-state index in [0.29, 0.717) is 6.42 Å². The molecule has 0 radical (unpaired) electrons. The number of carbonyl (C=O) groups excluding carboxylic acids is 1. The summed E-state index contributed by atoms with van der Waals surface area (Å²) in [5.74, 6) is 1.58. The summed E-state index contributed by atoms with van der Waals surface area (Å²) in [6.45, 7) is 6.05. The Morgan fingerprint density at radius 1 is 1.48 bits per heavy atom. The minimum Gasteiger partial charge on any atom is -0.497 e. The summed E-state index contributed by atoms with van der Waals surface area (Å²) in [5, 5.41) is 3.17. The van der Waals surface area contributed by atoms with Crippen molar-refractivity contribution in [1.29, 1.82) is 0 Å². The van der Waals surface area contributed by atoms with Crippen molar-refractivity contribution in [1.82, 2.24) is 10.3 Å². The first kappa shape index (κ1) is 17.7. The number of ether oxygens (including phenoxy) is 2. The molecule has 134 valence electrons. The summed E-state index contributed by atoms with van der Waals surface area (Å²) in [5.41, 5.74) is 3.50. The van der Waals surface area contributed by atoms with Crippen molar-refractivity contribution in [3.8, 4) is 11.5 Å². The molecule has 1 aliphatic rings. The number of nitrogens with one attached hydrogen (secondary N) is 1. The van der Waals surface area contributed by atoms with Crippen LogP contribution in [0, 0.1) is 6.92 Å². The van der Waals surface area contributed by atoms with Crippen molar-refractivity contribution in [3.05, 3.63) is 39.8 Å². The van der Waals surface area contributed by atoms with E-state index in [0.717, 1.165) is 35.6 Å². The van der Waals surface area contributed by atoms with Crippen molar-refractivity contribution in [2.45, 2.75) is 51.7 Å². The molecule has 0 unspecified atom stereocenters. The number of hydrogen-bond donors (Lipinski definition) is 1. The second-order valence-corrected chi connectivity index (χ2v) is 7.89. The number of hydrogen-bond acceptors (Lipinski definition) is 5. The number of aryl methyl sites for hydroxylation is 2. The number of aromatic nitrogens is 1. The first-order valence-electron chi connectivity index (χ1n) is 8.43. The minimum atomic E-state index is -0.342. The fraction of sp³-hybridized carbons (Fsp3) is 0.474. The largest absolute Gasteiger partial charge is 0.497 e. The second-order valence-electron chi connectivity index (χ2n) is 6.95. The molecule has 5 nitrogen and oxygen atoms in total. The van der Waals surface area contributed by atoms with Crippen molar-refractivity contribution < 1.29 is 14.3 Å². The Morgan fingerprint density at radius 2 is 2.28 bits per heavy atom. The van der Waals surface area contributed by atoms with E-state index in [-0.39, 0.29) is 17.6 Å². The maximum Gasteiger partial charge on any atom is 0.220 e. The first-order valence-corrected chi connectivity index (χ1v) is 9.31. The number of methoxy groups -OCH3 is 1. The number of fused-ring (bicyclic) bond motifs is 1. The third kappa shape index (κ3) is 4.12. The Morgan fingerprint density at radius 3 is 2.96 bits per heavy atom. The molecule has 1 aromatic carbocycles. The molecule has 2 aromatic rings. The monoisotopic (exact) mass is 360 g/mol. The molecule has 0 spiro atoms. The summed E-state index contributed by atoms with van der Waals surface area (Å²) >= 11 is 1.61. The molecule has 2 heterocycles. The van der Waals surface area contributed by atoms with Crippen LogP contribution < -0.4 is 14.8 Å². The van der Waals surface area contributed by atoms with Gasteiger partial charge in [-0.3, -0.25) is 4.79 Å². The maximum atomic E-state index is 12.5. The third-order valence-electron chi connectivity index (χ3n) is 4.44. The molecule has 6 heteroatoms. The van der Waals surface area contributed by atoms with Crippen LogP contribution >= 0.6 is 11.3 Å². The maximum absolute atomic E-state index is 12.5. The highest BCUT2D eigenvalue weighted by molar-refractivity contribution is 7.09. The molecule has 1 aromatic heterocycles. The van der Waals surface area contributed by atoms with Crippen LogP contribution in [0.2, 0.25) is 0 Å². The van der Waals surface area contributed by atoms with E-state index in [4.69, 9.17) is 9.47 Å². The van der Waals surface area contributed by atoms with E-state index in [1.807, 2.05) is 44.5 Å². The number of rotatable bonds is 5. The molecule has 3 rings (SSSR count). The molecule has 0 saturated heterocycles. The van der Waals surface area contributed by atoms with Gasteiger partial charge in [-0.25, -0.2) is 4.98 Å². The zero-order valence-corrected chi connectivity index (χ0v) is 15.9. The van der Waals surface area contributed by atoms with Crippen LogP contribution in [0.15, 0.2) is 23.7 Å². The number of thiazole rings is 1. The fourth-order valence-corrected chi connectivity index (χ4v) is 3.93. The molecule has 0 aliphatic carbocycles. The van der Waals surface area contributed by atoms with Gasteiger partial charge < -0.3 is 14.8 Å². The predicted molar refractivity (Wildman–Crippen MR) is 98.4 cm³/mol. The Hall–Kier alpha value is -2.08. The number of amides is 1. The predicted octanol–water partition coefficient (Wildman–Crippen LogP) is 3.81. The van der Waals surface area contributed by atoms with Gasteiger partial charge in [0.25, 0.3) is 0 Å². The molecule has 0 fully saturated rings. The van der Waals surface area contributed by atoms with Gasteiger partial charge in [-0.05, 0) is 39.3 Å². The highest BCUT2D eigenvalue weighted by Gasteiger charge is 2.34. The number of carbonyl (C=O) groups is 1. The lowest BCUT2D eigenvalue weighted by Crippen LogP contribution is -2.41. The van der Waals surface area contributed by atoms with E-state index < -0.39 is 0 Å². The minimum absolute atomic E-state index is 0.0530. The van der Waals surface area contributed by atoms with Gasteiger partial charge >= 0.3 is 0 Å². The standard InChI is InChI=1S/C19H24N2O3S/c1-12-17(25-11-20-12)7-8-18(22)21-15-10-19(2,3)24-16-9-13(23-4)5-6-14(15)16/h5-6,9,11,15H,7-8,10H2,1-4H3,(H,21,22)/t15-/m0/s1. The van der Waals surface area contributed by atoms with Crippen molar-refractivity contribution in [3.63, 3.8) is 0 Å². The van der Waals surface area contributed by atoms with Crippen molar-refractivity contribution >= 4 is 17.2 Å². The molecule has 1 amide bonds. The van der Waals surface area contributed by atoms with Crippen LogP contribution in [0.1, 0.15) is 48.9 Å². The Labute approximate surface area is 152 Å². The van der Waals surface area contributed by atoms with E-state index in [1.165, 1.54) is 4.88 Å². The Balaban J connectivity index is 1.71. The van der Waals surface area contributed by atoms with E-state index in [9.17, 15) is 4.79 Å². The van der Waals surface area contributed by atoms with Gasteiger partial charge in [0.15, 0.2) is 0 Å². The van der Waals surface area contributed by atoms with Gasteiger partial charge in [-0.1, -0.05) is 0 Å². The average molecular weight is 360 g/mol. The lowest BCUT2D eigenvalue weighted by Gasteiger charge is -2.38. The molecule has 1 N–H and O–H groups in total. The van der Waals surface area contributed by atoms with Gasteiger partial charge in [-0.15, -0.1) is 11.3 Å². The van der Waals surface area contributed by atoms with Crippen LogP contribution in [-0.2, 0) is 11.2 Å². The molecule has 1 atom stereocenters. The molecule has 1 aliphatic heterocycles. The Bertz CT molecular complexity index is 770. The van der Waals surface area contributed by atoms with Gasteiger partial charge in [0, 0.05) is 29.3 Å². The zero-order valence-electron chi connectivity index (χ0n) is 15.1. The normalized spacial score (nSPS) is 18.2. The van der Waals surface area contributed by atoms with Crippen LogP contribution in [0.4, 0.5) is 0 Å². The average Bonchev–Trinajstić information content (AvgIpc) is 2.96. The smallest absolute Gasteiger partial charge is 0.220 e. The first-order chi connectivity index (χ1) is 11.9. The van der Waals surface area contributed by atoms with Crippen LogP contribution in [0.25, 0.3) is 0 Å². The second kappa shape index (κ2) is 7.04. The van der Waals surface area contributed by atoms with Gasteiger partial charge in [0.1, 0.15) is 17.1 Å². The van der Waals surface area contributed by atoms with Gasteiger partial charge in [0.05, 0.1) is 24.4 Å². The van der Waals surface area contributed by atoms with Crippen LogP contribution in [-0.4, -0.2) is 23.6 Å². The van der Waals surface area contributed by atoms with E-state index >= 15 is 0 Å². The summed E-state index contributed by atoms with van der Waals surface area (Å²) in [7, 11) is 1.64. The summed E-state index contributed by atoms with van der Waals surface area (Å²) in [6.07, 6.45) is 1.92. The summed E-state index contributed by atoms with van der Waals surface area (Å²) in [6, 6.07) is 5.71. The van der Waals surface area contributed by atoms with Crippen molar-refractivity contribution in [2.75, 3.05) is 7.11 Å². The molecule has 0 bridgehead atoms. The lowest BCUT2D eigenvalue weighted by molar-refractivity contribution is -0.122. The molecule has 0 saturated carbocycles. The number of nitrogens with zero attached hydrogens (tertiary/aromatic N) is 1. The number of benzene rings is 1. The highest BCUT2D eigenvalue weighted by Crippen LogP contribution is 2.41. The third-order valence-corrected chi connectivity index (χ3v) is 5.43. The molecule has 25 heavy (non-hydrogen) atoms. The topological polar surface area (TPSA) is 60.5 Å².